The Kier molecular flexibility index (Phi) is 7.55. The highest BCUT2D eigenvalue weighted by molar-refractivity contribution is 7.80. The number of unbranched alkanes of at least 4 members (excludes halogenated alkanes) is 1. The number of hydrogen-bond acceptors (Lipinski definition) is 5. The zero-order chi connectivity index (χ0) is 20.6. The Morgan fingerprint density at radius 1 is 1.14 bits per heavy atom. The van der Waals surface area contributed by atoms with Crippen molar-refractivity contribution in [3.8, 4) is 5.75 Å². The predicted octanol–water partition coefficient (Wildman–Crippen LogP) is 5.09. The molecule has 2 N–H and O–H groups in total. The summed E-state index contributed by atoms with van der Waals surface area (Å²) in [5.41, 5.74) is 3.46. The van der Waals surface area contributed by atoms with Crippen molar-refractivity contribution in [2.75, 3.05) is 11.9 Å². The number of fused-ring (bicyclic) bond motifs is 1. The van der Waals surface area contributed by atoms with E-state index in [0.29, 0.717) is 10.9 Å². The summed E-state index contributed by atoms with van der Waals surface area (Å²) in [4.78, 5) is 16.6. The Balaban J connectivity index is 1.50. The SMILES string of the molecule is CCCCc1ccc2nc(NC(=S)NC(=O)COc3ccc(CC)cc3)sc2c1. The Morgan fingerprint density at radius 3 is 2.62 bits per heavy atom. The lowest BCUT2D eigenvalue weighted by molar-refractivity contribution is -0.121. The van der Waals surface area contributed by atoms with Gasteiger partial charge in [-0.25, -0.2) is 4.98 Å². The largest absolute Gasteiger partial charge is 0.484 e. The number of thiocarbonyl (C=S) groups is 1. The maximum absolute atomic E-state index is 12.1. The van der Waals surface area contributed by atoms with Crippen LogP contribution in [-0.2, 0) is 17.6 Å². The molecule has 3 rings (SSSR count). The molecule has 5 nitrogen and oxygen atoms in total. The minimum absolute atomic E-state index is 0.103. The third-order valence-corrected chi connectivity index (χ3v) is 5.58. The lowest BCUT2D eigenvalue weighted by Gasteiger charge is -2.09. The van der Waals surface area contributed by atoms with Crippen LogP contribution in [0.25, 0.3) is 10.2 Å². The number of nitrogens with zero attached hydrogens (tertiary/aromatic N) is 1. The Hall–Kier alpha value is -2.51. The third-order valence-electron chi connectivity index (χ3n) is 4.45. The van der Waals surface area contributed by atoms with Crippen molar-refractivity contribution in [1.82, 2.24) is 10.3 Å². The van der Waals surface area contributed by atoms with Gasteiger partial charge in [-0.15, -0.1) is 0 Å². The number of thiazole rings is 1. The zero-order valence-electron chi connectivity index (χ0n) is 16.7. The molecule has 7 heteroatoms. The maximum Gasteiger partial charge on any atom is 0.264 e. The highest BCUT2D eigenvalue weighted by Crippen LogP contribution is 2.27. The molecule has 2 aromatic carbocycles. The van der Waals surface area contributed by atoms with Gasteiger partial charge < -0.3 is 10.1 Å². The number of benzene rings is 2. The van der Waals surface area contributed by atoms with Crippen LogP contribution < -0.4 is 15.4 Å². The van der Waals surface area contributed by atoms with Gasteiger partial charge in [0.15, 0.2) is 16.9 Å². The second-order valence-electron chi connectivity index (χ2n) is 6.71. The quantitative estimate of drug-likeness (QED) is 0.490. The third kappa shape index (κ3) is 6.24. The molecule has 152 valence electrons. The fraction of sp³-hybridized carbons (Fsp3) is 0.318. The van der Waals surface area contributed by atoms with Gasteiger partial charge in [-0.2, -0.15) is 0 Å². The summed E-state index contributed by atoms with van der Waals surface area (Å²) in [7, 11) is 0. The van der Waals surface area contributed by atoms with E-state index in [4.69, 9.17) is 17.0 Å². The first-order valence-corrected chi connectivity index (χ1v) is 11.0. The minimum Gasteiger partial charge on any atom is -0.484 e. The standard InChI is InChI=1S/C22H25N3O2S2/c1-3-5-6-16-9-12-18-19(13-16)29-22(23-18)25-21(28)24-20(26)14-27-17-10-7-15(4-2)8-11-17/h7-13H,3-6,14H2,1-2H3,(H2,23,24,25,26,28). The van der Waals surface area contributed by atoms with E-state index in [1.165, 1.54) is 35.3 Å². The van der Waals surface area contributed by atoms with Gasteiger partial charge in [0.25, 0.3) is 5.91 Å². The zero-order valence-corrected chi connectivity index (χ0v) is 18.3. The van der Waals surface area contributed by atoms with Crippen molar-refractivity contribution in [3.05, 3.63) is 53.6 Å². The predicted molar refractivity (Wildman–Crippen MR) is 124 cm³/mol. The maximum atomic E-state index is 12.1. The van der Waals surface area contributed by atoms with Crippen LogP contribution in [0.1, 0.15) is 37.8 Å². The van der Waals surface area contributed by atoms with Crippen LogP contribution in [0.15, 0.2) is 42.5 Å². The van der Waals surface area contributed by atoms with E-state index in [-0.39, 0.29) is 17.6 Å². The molecule has 1 aromatic heterocycles. The number of aromatic nitrogens is 1. The van der Waals surface area contributed by atoms with Gasteiger partial charge in [-0.1, -0.05) is 49.8 Å². The molecule has 0 atom stereocenters. The van der Waals surface area contributed by atoms with Crippen molar-refractivity contribution in [2.24, 2.45) is 0 Å². The average Bonchev–Trinajstić information content (AvgIpc) is 3.12. The van der Waals surface area contributed by atoms with Crippen LogP contribution in [0.5, 0.6) is 5.75 Å². The molecule has 0 saturated heterocycles. The number of nitrogens with one attached hydrogen (secondary N) is 2. The lowest BCUT2D eigenvalue weighted by Crippen LogP contribution is -2.37. The van der Waals surface area contributed by atoms with Gasteiger partial charge in [0, 0.05) is 0 Å². The fourth-order valence-corrected chi connectivity index (χ4v) is 4.03. The molecule has 0 radical (unpaired) electrons. The smallest absolute Gasteiger partial charge is 0.264 e. The summed E-state index contributed by atoms with van der Waals surface area (Å²) < 4.78 is 6.60. The highest BCUT2D eigenvalue weighted by atomic mass is 32.1. The van der Waals surface area contributed by atoms with Gasteiger partial charge in [0.1, 0.15) is 5.75 Å². The van der Waals surface area contributed by atoms with E-state index in [2.05, 4.69) is 41.6 Å². The number of carbonyl (C=O) groups is 1. The van der Waals surface area contributed by atoms with Crippen LogP contribution in [0.4, 0.5) is 5.13 Å². The van der Waals surface area contributed by atoms with Crippen LogP contribution in [0.2, 0.25) is 0 Å². The van der Waals surface area contributed by atoms with Crippen molar-refractivity contribution < 1.29 is 9.53 Å². The topological polar surface area (TPSA) is 63.2 Å². The molecule has 0 aliphatic rings. The summed E-state index contributed by atoms with van der Waals surface area (Å²) in [5, 5.41) is 6.49. The molecule has 1 amide bonds. The number of amides is 1. The summed E-state index contributed by atoms with van der Waals surface area (Å²) >= 11 is 6.75. The van der Waals surface area contributed by atoms with Crippen LogP contribution >= 0.6 is 23.6 Å². The van der Waals surface area contributed by atoms with Crippen molar-refractivity contribution >= 4 is 49.9 Å². The van der Waals surface area contributed by atoms with E-state index in [0.717, 1.165) is 23.1 Å². The number of aryl methyl sites for hydroxylation is 2. The summed E-state index contributed by atoms with van der Waals surface area (Å²) in [5.74, 6) is 0.339. The van der Waals surface area contributed by atoms with E-state index in [1.807, 2.05) is 30.3 Å². The van der Waals surface area contributed by atoms with Gasteiger partial charge in [0.05, 0.1) is 10.2 Å². The van der Waals surface area contributed by atoms with E-state index >= 15 is 0 Å². The number of ether oxygens (including phenoxy) is 1. The van der Waals surface area contributed by atoms with Crippen molar-refractivity contribution in [3.63, 3.8) is 0 Å². The molecule has 0 aliphatic heterocycles. The van der Waals surface area contributed by atoms with Gasteiger partial charge in [-0.3, -0.25) is 10.1 Å². The molecule has 3 aromatic rings. The molecule has 0 bridgehead atoms. The van der Waals surface area contributed by atoms with Crippen molar-refractivity contribution in [1.29, 1.82) is 0 Å². The molecule has 0 saturated carbocycles. The summed E-state index contributed by atoms with van der Waals surface area (Å²) in [6.45, 7) is 4.18. The van der Waals surface area contributed by atoms with Gasteiger partial charge in [-0.05, 0) is 66.9 Å². The highest BCUT2D eigenvalue weighted by Gasteiger charge is 2.10. The lowest BCUT2D eigenvalue weighted by atomic mass is 10.1. The number of carbonyl (C=O) groups excluding carboxylic acids is 1. The molecule has 0 aliphatic carbocycles. The minimum atomic E-state index is -0.315. The first-order valence-electron chi connectivity index (χ1n) is 9.79. The first-order chi connectivity index (χ1) is 14.1. The molecule has 0 fully saturated rings. The second kappa shape index (κ2) is 10.3. The second-order valence-corrected chi connectivity index (χ2v) is 8.15. The molecule has 0 unspecified atom stereocenters. The molecular weight excluding hydrogens is 402 g/mol. The normalized spacial score (nSPS) is 10.7. The first kappa shape index (κ1) is 21.2. The van der Waals surface area contributed by atoms with Gasteiger partial charge in [0.2, 0.25) is 0 Å². The monoisotopic (exact) mass is 427 g/mol. The Morgan fingerprint density at radius 2 is 1.90 bits per heavy atom. The Labute approximate surface area is 180 Å². The van der Waals surface area contributed by atoms with E-state index in [9.17, 15) is 4.79 Å². The number of rotatable bonds is 8. The summed E-state index contributed by atoms with van der Waals surface area (Å²) in [6.07, 6.45) is 4.39. The molecule has 0 spiro atoms. The molecular formula is C22H25N3O2S2. The Bertz CT molecular complexity index is 983. The van der Waals surface area contributed by atoms with Crippen LogP contribution in [0, 0.1) is 0 Å². The van der Waals surface area contributed by atoms with E-state index < -0.39 is 0 Å². The van der Waals surface area contributed by atoms with Crippen LogP contribution in [0.3, 0.4) is 0 Å². The van der Waals surface area contributed by atoms with Crippen LogP contribution in [-0.4, -0.2) is 22.6 Å². The fourth-order valence-electron chi connectivity index (χ4n) is 2.82. The summed E-state index contributed by atoms with van der Waals surface area (Å²) in [6, 6.07) is 14.0. The van der Waals surface area contributed by atoms with Crippen molar-refractivity contribution in [2.45, 2.75) is 39.5 Å². The molecule has 1 heterocycles. The van der Waals surface area contributed by atoms with E-state index in [1.54, 1.807) is 0 Å². The number of anilines is 1. The molecule has 29 heavy (non-hydrogen) atoms. The number of hydrogen-bond donors (Lipinski definition) is 2. The average molecular weight is 428 g/mol. The van der Waals surface area contributed by atoms with Gasteiger partial charge >= 0.3 is 0 Å².